The Morgan fingerprint density at radius 1 is 1.29 bits per heavy atom. The van der Waals surface area contributed by atoms with Crippen LogP contribution in [0.3, 0.4) is 0 Å². The van der Waals surface area contributed by atoms with E-state index in [9.17, 15) is 0 Å². The summed E-state index contributed by atoms with van der Waals surface area (Å²) in [5.41, 5.74) is 1.36. The van der Waals surface area contributed by atoms with Crippen LogP contribution in [0.5, 0.6) is 0 Å². The molecule has 1 saturated heterocycles. The van der Waals surface area contributed by atoms with E-state index in [-0.39, 0.29) is 0 Å². The molecule has 1 aliphatic rings. The van der Waals surface area contributed by atoms with Gasteiger partial charge in [-0.2, -0.15) is 11.3 Å². The zero-order chi connectivity index (χ0) is 12.6. The van der Waals surface area contributed by atoms with Gasteiger partial charge < -0.3 is 10.1 Å². The van der Waals surface area contributed by atoms with Gasteiger partial charge in [0.25, 0.3) is 0 Å². The van der Waals surface area contributed by atoms with E-state index in [1.165, 1.54) is 10.0 Å². The fourth-order valence-corrected chi connectivity index (χ4v) is 4.52. The summed E-state index contributed by atoms with van der Waals surface area (Å²) in [4.78, 5) is 0. The van der Waals surface area contributed by atoms with Crippen molar-refractivity contribution >= 4 is 27.3 Å². The molecule has 1 aliphatic heterocycles. The highest BCUT2D eigenvalue weighted by atomic mass is 79.9. The second-order valence-corrected chi connectivity index (χ2v) is 6.52. The number of ether oxygens (including phenoxy) is 1. The highest BCUT2D eigenvalue weighted by Crippen LogP contribution is 2.42. The average Bonchev–Trinajstić information content (AvgIpc) is 2.79. The van der Waals surface area contributed by atoms with Crippen molar-refractivity contribution < 1.29 is 4.74 Å². The summed E-state index contributed by atoms with van der Waals surface area (Å²) in [7, 11) is 2.04. The van der Waals surface area contributed by atoms with Crippen LogP contribution in [-0.4, -0.2) is 19.3 Å². The van der Waals surface area contributed by atoms with Gasteiger partial charge in [-0.1, -0.05) is 6.92 Å². The Bertz CT molecular complexity index is 381. The highest BCUT2D eigenvalue weighted by molar-refractivity contribution is 9.10. The van der Waals surface area contributed by atoms with Gasteiger partial charge in [0.15, 0.2) is 0 Å². The topological polar surface area (TPSA) is 21.3 Å². The molecule has 0 aromatic carbocycles. The molecular formula is C13H20BrNOS. The third-order valence-electron chi connectivity index (χ3n) is 3.99. The van der Waals surface area contributed by atoms with Gasteiger partial charge in [0.1, 0.15) is 0 Å². The highest BCUT2D eigenvalue weighted by Gasteiger charge is 2.42. The molecule has 2 rings (SSSR count). The molecule has 1 fully saturated rings. The Balaban J connectivity index is 2.27. The maximum absolute atomic E-state index is 5.95. The minimum absolute atomic E-state index is 0.309. The van der Waals surface area contributed by atoms with Gasteiger partial charge in [0.05, 0.1) is 12.2 Å². The van der Waals surface area contributed by atoms with Crippen molar-refractivity contribution in [3.63, 3.8) is 0 Å². The molecule has 96 valence electrons. The first-order chi connectivity index (χ1) is 8.06. The van der Waals surface area contributed by atoms with Gasteiger partial charge in [0.2, 0.25) is 0 Å². The van der Waals surface area contributed by atoms with E-state index in [1.54, 1.807) is 11.3 Å². The molecule has 5 atom stereocenters. The minimum atomic E-state index is 0.309. The third-order valence-corrected chi connectivity index (χ3v) is 5.74. The second kappa shape index (κ2) is 5.39. The molecular weight excluding hydrogens is 298 g/mol. The van der Waals surface area contributed by atoms with E-state index >= 15 is 0 Å². The second-order valence-electron chi connectivity index (χ2n) is 4.92. The summed E-state index contributed by atoms with van der Waals surface area (Å²) in [6.07, 6.45) is 0.660. The molecule has 2 heterocycles. The van der Waals surface area contributed by atoms with E-state index in [0.717, 1.165) is 0 Å². The van der Waals surface area contributed by atoms with Crippen LogP contribution in [0.25, 0.3) is 0 Å². The van der Waals surface area contributed by atoms with Crippen molar-refractivity contribution in [1.29, 1.82) is 0 Å². The van der Waals surface area contributed by atoms with Crippen LogP contribution in [0, 0.1) is 11.8 Å². The smallest absolute Gasteiger partial charge is 0.0600 e. The predicted molar refractivity (Wildman–Crippen MR) is 76.5 cm³/mol. The first-order valence-corrected chi connectivity index (χ1v) is 7.84. The predicted octanol–water partition coefficient (Wildman–Crippen LogP) is 3.83. The van der Waals surface area contributed by atoms with Crippen molar-refractivity contribution in [2.75, 3.05) is 7.05 Å². The number of hydrogen-bond donors (Lipinski definition) is 1. The number of halogens is 1. The summed E-state index contributed by atoms with van der Waals surface area (Å²) < 4.78 is 7.16. The molecule has 0 saturated carbocycles. The zero-order valence-corrected chi connectivity index (χ0v) is 13.1. The Morgan fingerprint density at radius 2 is 2.00 bits per heavy atom. The van der Waals surface area contributed by atoms with Crippen LogP contribution in [0.4, 0.5) is 0 Å². The minimum Gasteiger partial charge on any atom is -0.375 e. The van der Waals surface area contributed by atoms with E-state index < -0.39 is 0 Å². The molecule has 0 spiro atoms. The van der Waals surface area contributed by atoms with Crippen LogP contribution in [0.1, 0.15) is 32.4 Å². The fraction of sp³-hybridized carbons (Fsp3) is 0.692. The molecule has 0 radical (unpaired) electrons. The normalized spacial score (nSPS) is 35.1. The molecule has 4 heteroatoms. The van der Waals surface area contributed by atoms with Crippen LogP contribution >= 0.6 is 27.3 Å². The maximum Gasteiger partial charge on any atom is 0.0600 e. The zero-order valence-electron chi connectivity index (χ0n) is 10.7. The summed E-state index contributed by atoms with van der Waals surface area (Å²) in [6, 6.07) is 0.366. The lowest BCUT2D eigenvalue weighted by Gasteiger charge is -2.28. The molecule has 1 aromatic rings. The fourth-order valence-electron chi connectivity index (χ4n) is 2.94. The van der Waals surface area contributed by atoms with Gasteiger partial charge >= 0.3 is 0 Å². The molecule has 2 nitrogen and oxygen atoms in total. The molecule has 0 aliphatic carbocycles. The number of nitrogens with one attached hydrogen (secondary N) is 1. The molecule has 0 amide bonds. The monoisotopic (exact) mass is 317 g/mol. The standard InChI is InChI=1S/C13H20BrNOS/c1-7-8(2)16-9(3)12(7)13(15-4)10-5-17-6-11(10)14/h5-9,12-13,15H,1-4H3. The number of thiophene rings is 1. The summed E-state index contributed by atoms with van der Waals surface area (Å²) in [5.74, 6) is 1.11. The summed E-state index contributed by atoms with van der Waals surface area (Å²) >= 11 is 5.38. The first kappa shape index (κ1) is 13.5. The van der Waals surface area contributed by atoms with Crippen LogP contribution < -0.4 is 5.32 Å². The van der Waals surface area contributed by atoms with E-state index in [1.807, 2.05) is 7.05 Å². The quantitative estimate of drug-likeness (QED) is 0.914. The van der Waals surface area contributed by atoms with Crippen molar-refractivity contribution in [3.8, 4) is 0 Å². The van der Waals surface area contributed by atoms with Gasteiger partial charge in [-0.25, -0.2) is 0 Å². The average molecular weight is 318 g/mol. The summed E-state index contributed by atoms with van der Waals surface area (Å²) in [5, 5.41) is 7.84. The maximum atomic E-state index is 5.95. The SMILES string of the molecule is CNC(c1cscc1Br)C1C(C)OC(C)C1C. The Morgan fingerprint density at radius 3 is 2.41 bits per heavy atom. The van der Waals surface area contributed by atoms with Gasteiger partial charge in [-0.15, -0.1) is 0 Å². The number of hydrogen-bond acceptors (Lipinski definition) is 3. The lowest BCUT2D eigenvalue weighted by atomic mass is 9.81. The largest absolute Gasteiger partial charge is 0.375 e. The van der Waals surface area contributed by atoms with Crippen molar-refractivity contribution in [2.24, 2.45) is 11.8 Å². The third kappa shape index (κ3) is 2.46. The lowest BCUT2D eigenvalue weighted by Crippen LogP contribution is -2.33. The van der Waals surface area contributed by atoms with Crippen molar-refractivity contribution in [1.82, 2.24) is 5.32 Å². The first-order valence-electron chi connectivity index (χ1n) is 6.10. The van der Waals surface area contributed by atoms with Crippen LogP contribution in [0.15, 0.2) is 15.2 Å². The van der Waals surface area contributed by atoms with Crippen LogP contribution in [0.2, 0.25) is 0 Å². The molecule has 5 unspecified atom stereocenters. The molecule has 1 aromatic heterocycles. The van der Waals surface area contributed by atoms with Gasteiger partial charge in [0, 0.05) is 21.8 Å². The Kier molecular flexibility index (Phi) is 4.29. The van der Waals surface area contributed by atoms with Crippen LogP contribution in [-0.2, 0) is 4.74 Å². The van der Waals surface area contributed by atoms with E-state index in [2.05, 4.69) is 52.8 Å². The van der Waals surface area contributed by atoms with E-state index in [4.69, 9.17) is 4.74 Å². The lowest BCUT2D eigenvalue weighted by molar-refractivity contribution is 0.0478. The summed E-state index contributed by atoms with van der Waals surface area (Å²) in [6.45, 7) is 6.66. The van der Waals surface area contributed by atoms with Crippen molar-refractivity contribution in [3.05, 3.63) is 20.8 Å². The van der Waals surface area contributed by atoms with E-state index in [0.29, 0.717) is 30.1 Å². The van der Waals surface area contributed by atoms with Gasteiger partial charge in [-0.3, -0.25) is 0 Å². The molecule has 17 heavy (non-hydrogen) atoms. The molecule has 0 bridgehead atoms. The van der Waals surface area contributed by atoms with Crippen molar-refractivity contribution in [2.45, 2.75) is 39.0 Å². The number of rotatable bonds is 3. The Labute approximate surface area is 116 Å². The molecule has 1 N–H and O–H groups in total. The van der Waals surface area contributed by atoms with Gasteiger partial charge in [-0.05, 0) is 53.7 Å². The Hall–Kier alpha value is 0.1000.